The van der Waals surface area contributed by atoms with Crippen molar-refractivity contribution in [3.8, 4) is 0 Å². The van der Waals surface area contributed by atoms with Gasteiger partial charge in [-0.1, -0.05) is 42.5 Å². The highest BCUT2D eigenvalue weighted by Crippen LogP contribution is 2.30. The number of nitrogens with one attached hydrogen (secondary N) is 2. The highest BCUT2D eigenvalue weighted by molar-refractivity contribution is 5.92. The zero-order chi connectivity index (χ0) is 19.1. The zero-order valence-corrected chi connectivity index (χ0v) is 15.9. The molecule has 2 aromatic carbocycles. The highest BCUT2D eigenvalue weighted by atomic mass is 16.2. The Morgan fingerprint density at radius 3 is 2.22 bits per heavy atom. The van der Waals surface area contributed by atoms with Gasteiger partial charge < -0.3 is 10.6 Å². The highest BCUT2D eigenvalue weighted by Gasteiger charge is 2.29. The number of rotatable bonds is 6. The van der Waals surface area contributed by atoms with E-state index in [9.17, 15) is 9.59 Å². The molecule has 4 nitrogen and oxygen atoms in total. The summed E-state index contributed by atoms with van der Waals surface area (Å²) in [5.74, 6) is 0.231. The maximum atomic E-state index is 12.5. The van der Waals surface area contributed by atoms with Crippen molar-refractivity contribution in [1.82, 2.24) is 5.32 Å². The first-order chi connectivity index (χ1) is 13.1. The summed E-state index contributed by atoms with van der Waals surface area (Å²) in [7, 11) is 0. The quantitative estimate of drug-likeness (QED) is 0.811. The normalized spacial score (nSPS) is 19.3. The summed E-state index contributed by atoms with van der Waals surface area (Å²) in [5, 5.41) is 6.06. The van der Waals surface area contributed by atoms with E-state index in [1.54, 1.807) is 0 Å². The summed E-state index contributed by atoms with van der Waals surface area (Å²) >= 11 is 0. The molecule has 0 aliphatic heterocycles. The van der Waals surface area contributed by atoms with Gasteiger partial charge in [-0.2, -0.15) is 0 Å². The molecule has 142 valence electrons. The molecule has 0 bridgehead atoms. The monoisotopic (exact) mass is 364 g/mol. The van der Waals surface area contributed by atoms with Gasteiger partial charge in [0.05, 0.1) is 0 Å². The van der Waals surface area contributed by atoms with E-state index < -0.39 is 0 Å². The van der Waals surface area contributed by atoms with Crippen molar-refractivity contribution in [3.63, 3.8) is 0 Å². The van der Waals surface area contributed by atoms with Gasteiger partial charge in [0.25, 0.3) is 0 Å². The third-order valence-corrected chi connectivity index (χ3v) is 5.31. The fourth-order valence-electron chi connectivity index (χ4n) is 3.70. The standard InChI is InChI=1S/C23H28N2O2/c1-17-6-5-9-21(16-17)25-23(27)20-12-10-19(11-13-20)22(26)24-15-14-18-7-3-2-4-8-18/h2-9,16,19-20H,10-15H2,1H3,(H,24,26)(H,25,27). The molecule has 1 aliphatic carbocycles. The number of amides is 2. The summed E-state index contributed by atoms with van der Waals surface area (Å²) in [6.07, 6.45) is 3.95. The Morgan fingerprint density at radius 2 is 1.56 bits per heavy atom. The molecular weight excluding hydrogens is 336 g/mol. The van der Waals surface area contributed by atoms with E-state index in [0.717, 1.165) is 43.4 Å². The third kappa shape index (κ3) is 5.68. The summed E-state index contributed by atoms with van der Waals surface area (Å²) in [6, 6.07) is 18.0. The van der Waals surface area contributed by atoms with Gasteiger partial charge >= 0.3 is 0 Å². The van der Waals surface area contributed by atoms with E-state index in [-0.39, 0.29) is 23.7 Å². The van der Waals surface area contributed by atoms with Crippen LogP contribution in [0, 0.1) is 18.8 Å². The average molecular weight is 364 g/mol. The third-order valence-electron chi connectivity index (χ3n) is 5.31. The van der Waals surface area contributed by atoms with Gasteiger partial charge in [-0.25, -0.2) is 0 Å². The van der Waals surface area contributed by atoms with Crippen molar-refractivity contribution in [3.05, 3.63) is 65.7 Å². The minimum atomic E-state index is -0.00104. The Bertz CT molecular complexity index is 765. The molecule has 4 heteroatoms. The average Bonchev–Trinajstić information content (AvgIpc) is 2.69. The number of carbonyl (C=O) groups is 2. The van der Waals surface area contributed by atoms with Gasteiger partial charge in [0.15, 0.2) is 0 Å². The van der Waals surface area contributed by atoms with Crippen molar-refractivity contribution < 1.29 is 9.59 Å². The van der Waals surface area contributed by atoms with Gasteiger partial charge in [-0.15, -0.1) is 0 Å². The SMILES string of the molecule is Cc1cccc(NC(=O)C2CCC(C(=O)NCCc3ccccc3)CC2)c1. The van der Waals surface area contributed by atoms with E-state index in [1.807, 2.05) is 49.4 Å². The van der Waals surface area contributed by atoms with Gasteiger partial charge in [-0.3, -0.25) is 9.59 Å². The molecule has 3 rings (SSSR count). The van der Waals surface area contributed by atoms with Crippen LogP contribution in [0.15, 0.2) is 54.6 Å². The van der Waals surface area contributed by atoms with Crippen molar-refractivity contribution in [1.29, 1.82) is 0 Å². The number of anilines is 1. The maximum absolute atomic E-state index is 12.5. The van der Waals surface area contributed by atoms with Crippen molar-refractivity contribution in [2.75, 3.05) is 11.9 Å². The smallest absolute Gasteiger partial charge is 0.227 e. The first kappa shape index (κ1) is 19.2. The Morgan fingerprint density at radius 1 is 0.889 bits per heavy atom. The summed E-state index contributed by atoms with van der Waals surface area (Å²) in [6.45, 7) is 2.67. The fraction of sp³-hybridized carbons (Fsp3) is 0.391. The van der Waals surface area contributed by atoms with E-state index in [4.69, 9.17) is 0 Å². The van der Waals surface area contributed by atoms with Gasteiger partial charge in [0, 0.05) is 24.1 Å². The predicted octanol–water partition coefficient (Wildman–Crippen LogP) is 4.10. The predicted molar refractivity (Wildman–Crippen MR) is 108 cm³/mol. The lowest BCUT2D eigenvalue weighted by Gasteiger charge is -2.27. The zero-order valence-electron chi connectivity index (χ0n) is 15.9. The van der Waals surface area contributed by atoms with Crippen LogP contribution in [0.4, 0.5) is 5.69 Å². The Kier molecular flexibility index (Phi) is 6.64. The molecule has 1 aliphatic rings. The van der Waals surface area contributed by atoms with Crippen LogP contribution in [0.1, 0.15) is 36.8 Å². The number of benzene rings is 2. The second-order valence-electron chi connectivity index (χ2n) is 7.43. The van der Waals surface area contributed by atoms with E-state index in [0.29, 0.717) is 6.54 Å². The molecule has 2 N–H and O–H groups in total. The van der Waals surface area contributed by atoms with Gasteiger partial charge in [0.2, 0.25) is 11.8 Å². The molecule has 0 spiro atoms. The molecule has 0 unspecified atom stereocenters. The van der Waals surface area contributed by atoms with Crippen molar-refractivity contribution in [2.45, 2.75) is 39.0 Å². The molecule has 1 fully saturated rings. The first-order valence-electron chi connectivity index (χ1n) is 9.81. The molecule has 2 amide bonds. The van der Waals surface area contributed by atoms with Crippen LogP contribution in [0.3, 0.4) is 0 Å². The number of hydrogen-bond acceptors (Lipinski definition) is 2. The summed E-state index contributed by atoms with van der Waals surface area (Å²) in [4.78, 5) is 24.9. The van der Waals surface area contributed by atoms with Crippen LogP contribution in [-0.2, 0) is 16.0 Å². The molecule has 2 aromatic rings. The van der Waals surface area contributed by atoms with Crippen LogP contribution in [0.25, 0.3) is 0 Å². The van der Waals surface area contributed by atoms with Gasteiger partial charge in [0.1, 0.15) is 0 Å². The van der Waals surface area contributed by atoms with Crippen LogP contribution in [-0.4, -0.2) is 18.4 Å². The number of carbonyl (C=O) groups excluding carboxylic acids is 2. The van der Waals surface area contributed by atoms with Crippen LogP contribution < -0.4 is 10.6 Å². The lowest BCUT2D eigenvalue weighted by Crippen LogP contribution is -2.36. The summed E-state index contributed by atoms with van der Waals surface area (Å²) < 4.78 is 0. The van der Waals surface area contributed by atoms with E-state index in [1.165, 1.54) is 5.56 Å². The Hall–Kier alpha value is -2.62. The second-order valence-corrected chi connectivity index (χ2v) is 7.43. The summed E-state index contributed by atoms with van der Waals surface area (Å²) in [5.41, 5.74) is 3.21. The molecule has 27 heavy (non-hydrogen) atoms. The number of hydrogen-bond donors (Lipinski definition) is 2. The Balaban J connectivity index is 1.40. The van der Waals surface area contributed by atoms with Gasteiger partial charge in [-0.05, 0) is 62.3 Å². The first-order valence-corrected chi connectivity index (χ1v) is 9.81. The van der Waals surface area contributed by atoms with Crippen molar-refractivity contribution in [2.24, 2.45) is 11.8 Å². The molecule has 0 heterocycles. The van der Waals surface area contributed by atoms with E-state index in [2.05, 4.69) is 22.8 Å². The minimum Gasteiger partial charge on any atom is -0.356 e. The molecule has 1 saturated carbocycles. The molecule has 0 atom stereocenters. The van der Waals surface area contributed by atoms with Crippen LogP contribution >= 0.6 is 0 Å². The van der Waals surface area contributed by atoms with Crippen LogP contribution in [0.2, 0.25) is 0 Å². The van der Waals surface area contributed by atoms with Crippen molar-refractivity contribution >= 4 is 17.5 Å². The lowest BCUT2D eigenvalue weighted by molar-refractivity contribution is -0.128. The van der Waals surface area contributed by atoms with Crippen LogP contribution in [0.5, 0.6) is 0 Å². The number of aryl methyl sites for hydroxylation is 1. The Labute approximate surface area is 161 Å². The largest absolute Gasteiger partial charge is 0.356 e. The van der Waals surface area contributed by atoms with E-state index >= 15 is 0 Å². The second kappa shape index (κ2) is 9.36. The minimum absolute atomic E-state index is 0.00104. The maximum Gasteiger partial charge on any atom is 0.227 e. The topological polar surface area (TPSA) is 58.2 Å². The molecular formula is C23H28N2O2. The molecule has 0 saturated heterocycles. The fourth-order valence-corrected chi connectivity index (χ4v) is 3.70. The molecule has 0 aromatic heterocycles. The lowest BCUT2D eigenvalue weighted by atomic mass is 9.81. The molecule has 0 radical (unpaired) electrons.